The summed E-state index contributed by atoms with van der Waals surface area (Å²) < 4.78 is 0. The van der Waals surface area contributed by atoms with Crippen LogP contribution in [0.25, 0.3) is 0 Å². The molecular formula is C17H25NO. The molecule has 1 aliphatic rings. The molecule has 1 amide bonds. The van der Waals surface area contributed by atoms with Crippen molar-refractivity contribution in [3.8, 4) is 0 Å². The minimum atomic E-state index is 0.156. The van der Waals surface area contributed by atoms with E-state index in [1.54, 1.807) is 0 Å². The van der Waals surface area contributed by atoms with Gasteiger partial charge in [-0.25, -0.2) is 0 Å². The first-order chi connectivity index (χ1) is 8.97. The number of rotatable bonds is 2. The van der Waals surface area contributed by atoms with Crippen molar-refractivity contribution in [3.63, 3.8) is 0 Å². The van der Waals surface area contributed by atoms with E-state index >= 15 is 0 Å². The topological polar surface area (TPSA) is 29.1 Å². The summed E-state index contributed by atoms with van der Waals surface area (Å²) in [4.78, 5) is 11.9. The van der Waals surface area contributed by atoms with Gasteiger partial charge in [0.1, 0.15) is 0 Å². The van der Waals surface area contributed by atoms with Gasteiger partial charge in [0.2, 0.25) is 5.91 Å². The standard InChI is InChI=1S/C17H25NO/c1-17(2,3)15-9-7-13(8-10-15)12-14-6-4-5-11-18-16(14)19/h7-10,14H,4-6,11-12H2,1-3H3,(H,18,19). The van der Waals surface area contributed by atoms with Gasteiger partial charge in [-0.05, 0) is 35.8 Å². The molecule has 1 heterocycles. The Morgan fingerprint density at radius 1 is 1.16 bits per heavy atom. The lowest BCUT2D eigenvalue weighted by Gasteiger charge is -2.20. The van der Waals surface area contributed by atoms with E-state index in [1.807, 2.05) is 0 Å². The summed E-state index contributed by atoms with van der Waals surface area (Å²) in [6.07, 6.45) is 4.16. The predicted molar refractivity (Wildman–Crippen MR) is 79.2 cm³/mol. The molecule has 1 aromatic carbocycles. The van der Waals surface area contributed by atoms with Gasteiger partial charge >= 0.3 is 0 Å². The van der Waals surface area contributed by atoms with Crippen LogP contribution in [0.3, 0.4) is 0 Å². The van der Waals surface area contributed by atoms with Gasteiger partial charge in [-0.15, -0.1) is 0 Å². The predicted octanol–water partition coefficient (Wildman–Crippen LogP) is 3.44. The SMILES string of the molecule is CC(C)(C)c1ccc(CC2CCCCNC2=O)cc1. The minimum absolute atomic E-state index is 0.156. The molecule has 1 saturated heterocycles. The molecule has 1 aromatic rings. The first-order valence-corrected chi connectivity index (χ1v) is 7.34. The van der Waals surface area contributed by atoms with Crippen LogP contribution in [0, 0.1) is 5.92 Å². The normalized spacial score (nSPS) is 20.8. The van der Waals surface area contributed by atoms with Crippen LogP contribution in [0.1, 0.15) is 51.2 Å². The van der Waals surface area contributed by atoms with Crippen LogP contribution in [0.15, 0.2) is 24.3 Å². The van der Waals surface area contributed by atoms with Gasteiger partial charge < -0.3 is 5.32 Å². The second-order valence-electron chi connectivity index (χ2n) is 6.63. The Hall–Kier alpha value is -1.31. The zero-order valence-corrected chi connectivity index (χ0v) is 12.3. The van der Waals surface area contributed by atoms with Crippen molar-refractivity contribution in [2.75, 3.05) is 6.54 Å². The molecule has 1 aliphatic heterocycles. The summed E-state index contributed by atoms with van der Waals surface area (Å²) in [6.45, 7) is 7.51. The third kappa shape index (κ3) is 3.82. The van der Waals surface area contributed by atoms with Crippen LogP contribution < -0.4 is 5.32 Å². The highest BCUT2D eigenvalue weighted by Crippen LogP contribution is 2.24. The van der Waals surface area contributed by atoms with E-state index in [2.05, 4.69) is 50.4 Å². The van der Waals surface area contributed by atoms with Crippen LogP contribution in [0.4, 0.5) is 0 Å². The molecule has 0 spiro atoms. The highest BCUT2D eigenvalue weighted by Gasteiger charge is 2.21. The zero-order chi connectivity index (χ0) is 13.9. The highest BCUT2D eigenvalue weighted by atomic mass is 16.1. The third-order valence-corrected chi connectivity index (χ3v) is 3.95. The second-order valence-corrected chi connectivity index (χ2v) is 6.63. The Morgan fingerprint density at radius 3 is 2.47 bits per heavy atom. The molecule has 1 fully saturated rings. The summed E-state index contributed by atoms with van der Waals surface area (Å²) in [6, 6.07) is 8.76. The largest absolute Gasteiger partial charge is 0.356 e. The quantitative estimate of drug-likeness (QED) is 0.866. The van der Waals surface area contributed by atoms with E-state index in [9.17, 15) is 4.79 Å². The van der Waals surface area contributed by atoms with E-state index in [1.165, 1.54) is 11.1 Å². The maximum absolute atomic E-state index is 11.9. The van der Waals surface area contributed by atoms with Crippen molar-refractivity contribution in [2.24, 2.45) is 5.92 Å². The third-order valence-electron chi connectivity index (χ3n) is 3.95. The van der Waals surface area contributed by atoms with Crippen molar-refractivity contribution >= 4 is 5.91 Å². The van der Waals surface area contributed by atoms with Gasteiger partial charge in [0.15, 0.2) is 0 Å². The van der Waals surface area contributed by atoms with Gasteiger partial charge in [-0.3, -0.25) is 4.79 Å². The van der Waals surface area contributed by atoms with Gasteiger partial charge in [-0.1, -0.05) is 51.5 Å². The molecule has 1 atom stereocenters. The van der Waals surface area contributed by atoms with Gasteiger partial charge in [0, 0.05) is 12.5 Å². The molecule has 1 unspecified atom stereocenters. The molecule has 104 valence electrons. The summed E-state index contributed by atoms with van der Waals surface area (Å²) >= 11 is 0. The fraction of sp³-hybridized carbons (Fsp3) is 0.588. The van der Waals surface area contributed by atoms with Crippen molar-refractivity contribution < 1.29 is 4.79 Å². The molecule has 2 nitrogen and oxygen atoms in total. The summed E-state index contributed by atoms with van der Waals surface area (Å²) in [5.74, 6) is 0.389. The van der Waals surface area contributed by atoms with Crippen LogP contribution in [-0.4, -0.2) is 12.5 Å². The van der Waals surface area contributed by atoms with Crippen molar-refractivity contribution in [2.45, 2.75) is 51.9 Å². The molecule has 2 rings (SSSR count). The molecule has 0 saturated carbocycles. The average molecular weight is 259 g/mol. The van der Waals surface area contributed by atoms with Crippen molar-refractivity contribution in [1.29, 1.82) is 0 Å². The van der Waals surface area contributed by atoms with Gasteiger partial charge in [-0.2, -0.15) is 0 Å². The molecule has 0 bridgehead atoms. The van der Waals surface area contributed by atoms with Crippen molar-refractivity contribution in [1.82, 2.24) is 5.32 Å². The molecular weight excluding hydrogens is 234 g/mol. The molecule has 0 aromatic heterocycles. The van der Waals surface area contributed by atoms with Crippen molar-refractivity contribution in [3.05, 3.63) is 35.4 Å². The lowest BCUT2D eigenvalue weighted by atomic mass is 9.85. The second kappa shape index (κ2) is 5.77. The molecule has 0 radical (unpaired) electrons. The number of carbonyl (C=O) groups excluding carboxylic acids is 1. The van der Waals surface area contributed by atoms with E-state index in [-0.39, 0.29) is 17.2 Å². The fourth-order valence-electron chi connectivity index (χ4n) is 2.62. The Kier molecular flexibility index (Phi) is 4.28. The van der Waals surface area contributed by atoms with Crippen LogP contribution >= 0.6 is 0 Å². The molecule has 0 aliphatic carbocycles. The van der Waals surface area contributed by atoms with E-state index < -0.39 is 0 Å². The number of nitrogens with one attached hydrogen (secondary N) is 1. The van der Waals surface area contributed by atoms with Gasteiger partial charge in [0.25, 0.3) is 0 Å². The average Bonchev–Trinajstić information content (AvgIpc) is 2.55. The number of amides is 1. The number of carbonyl (C=O) groups is 1. The number of hydrogen-bond donors (Lipinski definition) is 1. The van der Waals surface area contributed by atoms with Crippen LogP contribution in [0.2, 0.25) is 0 Å². The van der Waals surface area contributed by atoms with E-state index in [4.69, 9.17) is 0 Å². The maximum Gasteiger partial charge on any atom is 0.223 e. The van der Waals surface area contributed by atoms with Crippen LogP contribution in [-0.2, 0) is 16.6 Å². The first kappa shape index (κ1) is 14.1. The number of hydrogen-bond acceptors (Lipinski definition) is 1. The smallest absolute Gasteiger partial charge is 0.223 e. The summed E-state index contributed by atoms with van der Waals surface area (Å²) in [5.41, 5.74) is 2.81. The Morgan fingerprint density at radius 2 is 1.84 bits per heavy atom. The highest BCUT2D eigenvalue weighted by molar-refractivity contribution is 5.79. The summed E-state index contributed by atoms with van der Waals surface area (Å²) in [5, 5.41) is 3.01. The van der Waals surface area contributed by atoms with Crippen LogP contribution in [0.5, 0.6) is 0 Å². The molecule has 1 N–H and O–H groups in total. The monoisotopic (exact) mass is 259 g/mol. The lowest BCUT2D eigenvalue weighted by molar-refractivity contribution is -0.124. The fourth-order valence-corrected chi connectivity index (χ4v) is 2.62. The molecule has 19 heavy (non-hydrogen) atoms. The zero-order valence-electron chi connectivity index (χ0n) is 12.3. The van der Waals surface area contributed by atoms with E-state index in [0.717, 1.165) is 32.2 Å². The van der Waals surface area contributed by atoms with E-state index in [0.29, 0.717) is 0 Å². The Balaban J connectivity index is 2.04. The Labute approximate surface area is 116 Å². The van der Waals surface area contributed by atoms with Gasteiger partial charge in [0.05, 0.1) is 0 Å². The first-order valence-electron chi connectivity index (χ1n) is 7.34. The maximum atomic E-state index is 11.9. The minimum Gasteiger partial charge on any atom is -0.356 e. The Bertz CT molecular complexity index is 428. The molecule has 2 heteroatoms. The lowest BCUT2D eigenvalue weighted by Crippen LogP contribution is -2.30. The number of benzene rings is 1. The summed E-state index contributed by atoms with van der Waals surface area (Å²) in [7, 11) is 0.